The van der Waals surface area contributed by atoms with Crippen molar-refractivity contribution >= 4 is 5.97 Å². The number of ether oxygens (including phenoxy) is 1. The van der Waals surface area contributed by atoms with E-state index >= 15 is 0 Å². The van der Waals surface area contributed by atoms with Gasteiger partial charge in [0.25, 0.3) is 5.89 Å². The maximum atomic E-state index is 10.0. The highest BCUT2D eigenvalue weighted by molar-refractivity contribution is 5.67. The van der Waals surface area contributed by atoms with Crippen LogP contribution in [0.1, 0.15) is 11.7 Å². The standard InChI is InChI=1S/C6H8N2O4/c1-4-7-5(12-8-4)2-11-3-6(9)10/h2-3H2,1H3,(H,9,10). The molecule has 1 heterocycles. The molecule has 1 N–H and O–H groups in total. The van der Waals surface area contributed by atoms with Crippen molar-refractivity contribution < 1.29 is 19.2 Å². The fourth-order valence-electron chi connectivity index (χ4n) is 0.624. The molecule has 0 aliphatic carbocycles. The molecule has 1 rings (SSSR count). The van der Waals surface area contributed by atoms with Crippen molar-refractivity contribution in [2.24, 2.45) is 0 Å². The van der Waals surface area contributed by atoms with Crippen molar-refractivity contribution in [3.63, 3.8) is 0 Å². The van der Waals surface area contributed by atoms with E-state index in [2.05, 4.69) is 14.7 Å². The van der Waals surface area contributed by atoms with Gasteiger partial charge in [-0.15, -0.1) is 0 Å². The highest BCUT2D eigenvalue weighted by Gasteiger charge is 2.03. The average molecular weight is 172 g/mol. The predicted octanol–water partition coefficient (Wildman–Crippen LogP) is -0.0208. The normalized spacial score (nSPS) is 10.1. The van der Waals surface area contributed by atoms with Crippen molar-refractivity contribution in [2.45, 2.75) is 13.5 Å². The van der Waals surface area contributed by atoms with E-state index in [-0.39, 0.29) is 19.1 Å². The molecule has 0 spiro atoms. The van der Waals surface area contributed by atoms with Crippen LogP contribution in [-0.4, -0.2) is 27.8 Å². The first-order valence-electron chi connectivity index (χ1n) is 3.27. The number of aliphatic carboxylic acids is 1. The Hall–Kier alpha value is -1.43. The van der Waals surface area contributed by atoms with Gasteiger partial charge in [-0.3, -0.25) is 0 Å². The van der Waals surface area contributed by atoms with Crippen molar-refractivity contribution in [1.29, 1.82) is 0 Å². The molecule has 6 heteroatoms. The number of carbonyl (C=O) groups is 1. The van der Waals surface area contributed by atoms with Gasteiger partial charge in [-0.05, 0) is 6.92 Å². The minimum atomic E-state index is -1.02. The molecule has 0 radical (unpaired) electrons. The van der Waals surface area contributed by atoms with Gasteiger partial charge in [-0.2, -0.15) is 4.98 Å². The summed E-state index contributed by atoms with van der Waals surface area (Å²) < 4.78 is 9.37. The Morgan fingerprint density at radius 2 is 2.50 bits per heavy atom. The molecule has 1 aromatic heterocycles. The lowest BCUT2D eigenvalue weighted by atomic mass is 10.6. The van der Waals surface area contributed by atoms with Crippen molar-refractivity contribution in [1.82, 2.24) is 10.1 Å². The summed E-state index contributed by atoms with van der Waals surface area (Å²) in [5, 5.41) is 11.7. The summed E-state index contributed by atoms with van der Waals surface area (Å²) in [4.78, 5) is 13.8. The Morgan fingerprint density at radius 1 is 1.75 bits per heavy atom. The van der Waals surface area contributed by atoms with E-state index in [1.165, 1.54) is 0 Å². The molecule has 6 nitrogen and oxygen atoms in total. The zero-order valence-corrected chi connectivity index (χ0v) is 6.48. The third kappa shape index (κ3) is 2.67. The average Bonchev–Trinajstić information content (AvgIpc) is 2.35. The van der Waals surface area contributed by atoms with Gasteiger partial charge >= 0.3 is 5.97 Å². The van der Waals surface area contributed by atoms with Gasteiger partial charge in [0.2, 0.25) is 0 Å². The lowest BCUT2D eigenvalue weighted by Gasteiger charge is -1.93. The van der Waals surface area contributed by atoms with Gasteiger partial charge in [-0.1, -0.05) is 5.16 Å². The number of hydrogen-bond acceptors (Lipinski definition) is 5. The summed E-state index contributed by atoms with van der Waals surface area (Å²) in [7, 11) is 0. The minimum Gasteiger partial charge on any atom is -0.480 e. The van der Waals surface area contributed by atoms with Gasteiger partial charge in [0.1, 0.15) is 13.2 Å². The fraction of sp³-hybridized carbons (Fsp3) is 0.500. The molecule has 66 valence electrons. The van der Waals surface area contributed by atoms with Crippen LogP contribution in [0.4, 0.5) is 0 Å². The lowest BCUT2D eigenvalue weighted by molar-refractivity contribution is -0.142. The molecule has 0 atom stereocenters. The number of aryl methyl sites for hydroxylation is 1. The molecule has 12 heavy (non-hydrogen) atoms. The maximum absolute atomic E-state index is 10.0. The van der Waals surface area contributed by atoms with E-state index in [0.29, 0.717) is 5.82 Å². The third-order valence-electron chi connectivity index (χ3n) is 1.02. The number of rotatable bonds is 4. The minimum absolute atomic E-state index is 0.0349. The van der Waals surface area contributed by atoms with Gasteiger partial charge in [0, 0.05) is 0 Å². The zero-order chi connectivity index (χ0) is 8.97. The van der Waals surface area contributed by atoms with E-state index in [4.69, 9.17) is 9.84 Å². The molecule has 0 saturated heterocycles. The molecule has 1 aromatic rings. The summed E-state index contributed by atoms with van der Waals surface area (Å²) >= 11 is 0. The fourth-order valence-corrected chi connectivity index (χ4v) is 0.624. The summed E-state index contributed by atoms with van der Waals surface area (Å²) in [6.07, 6.45) is 0. The van der Waals surface area contributed by atoms with E-state index in [9.17, 15) is 4.79 Å². The van der Waals surface area contributed by atoms with E-state index < -0.39 is 5.97 Å². The van der Waals surface area contributed by atoms with Crippen LogP contribution in [0.25, 0.3) is 0 Å². The van der Waals surface area contributed by atoms with Crippen LogP contribution in [0.2, 0.25) is 0 Å². The SMILES string of the molecule is Cc1noc(COCC(=O)O)n1. The Kier molecular flexibility index (Phi) is 2.76. The molecule has 0 aliphatic heterocycles. The van der Waals surface area contributed by atoms with Crippen LogP contribution >= 0.6 is 0 Å². The van der Waals surface area contributed by atoms with Crippen LogP contribution in [0, 0.1) is 6.92 Å². The quantitative estimate of drug-likeness (QED) is 0.686. The molecule has 0 bridgehead atoms. The Morgan fingerprint density at radius 3 is 3.00 bits per heavy atom. The van der Waals surface area contributed by atoms with E-state index in [1.54, 1.807) is 6.92 Å². The predicted molar refractivity (Wildman–Crippen MR) is 36.3 cm³/mol. The lowest BCUT2D eigenvalue weighted by Crippen LogP contribution is -2.06. The van der Waals surface area contributed by atoms with Crippen LogP contribution < -0.4 is 0 Å². The van der Waals surface area contributed by atoms with Crippen LogP contribution in [-0.2, 0) is 16.1 Å². The second-order valence-electron chi connectivity index (χ2n) is 2.12. The summed E-state index contributed by atoms with van der Waals surface area (Å²) in [5.41, 5.74) is 0. The maximum Gasteiger partial charge on any atom is 0.329 e. The Labute approximate surface area is 68.1 Å². The van der Waals surface area contributed by atoms with E-state index in [1.807, 2.05) is 0 Å². The smallest absolute Gasteiger partial charge is 0.329 e. The molecule has 0 fully saturated rings. The topological polar surface area (TPSA) is 85.5 Å². The molecule has 0 aliphatic rings. The summed E-state index contributed by atoms with van der Waals surface area (Å²) in [6, 6.07) is 0. The van der Waals surface area contributed by atoms with Crippen LogP contribution in [0.3, 0.4) is 0 Å². The second-order valence-corrected chi connectivity index (χ2v) is 2.12. The van der Waals surface area contributed by atoms with Crippen molar-refractivity contribution in [3.8, 4) is 0 Å². The molecule has 0 unspecified atom stereocenters. The van der Waals surface area contributed by atoms with Gasteiger partial charge in [0.05, 0.1) is 0 Å². The first-order valence-corrected chi connectivity index (χ1v) is 3.27. The Balaban J connectivity index is 2.29. The van der Waals surface area contributed by atoms with Crippen molar-refractivity contribution in [2.75, 3.05) is 6.61 Å². The van der Waals surface area contributed by atoms with Gasteiger partial charge in [0.15, 0.2) is 5.82 Å². The molecular formula is C6H8N2O4. The molecule has 0 saturated carbocycles. The van der Waals surface area contributed by atoms with Crippen LogP contribution in [0.5, 0.6) is 0 Å². The number of carboxylic acid groups (broad SMARTS) is 1. The molecule has 0 amide bonds. The highest BCUT2D eigenvalue weighted by atomic mass is 16.5. The first-order chi connectivity index (χ1) is 5.68. The largest absolute Gasteiger partial charge is 0.480 e. The third-order valence-corrected chi connectivity index (χ3v) is 1.02. The van der Waals surface area contributed by atoms with E-state index in [0.717, 1.165) is 0 Å². The monoisotopic (exact) mass is 172 g/mol. The molecule has 0 aromatic carbocycles. The first kappa shape index (κ1) is 8.66. The van der Waals surface area contributed by atoms with Gasteiger partial charge < -0.3 is 14.4 Å². The molecular weight excluding hydrogens is 164 g/mol. The van der Waals surface area contributed by atoms with Crippen LogP contribution in [0.15, 0.2) is 4.52 Å². The number of hydrogen-bond donors (Lipinski definition) is 1. The number of aromatic nitrogens is 2. The highest BCUT2D eigenvalue weighted by Crippen LogP contribution is 1.97. The zero-order valence-electron chi connectivity index (χ0n) is 6.48. The number of nitrogens with zero attached hydrogens (tertiary/aromatic N) is 2. The second kappa shape index (κ2) is 3.82. The van der Waals surface area contributed by atoms with Crippen molar-refractivity contribution in [3.05, 3.63) is 11.7 Å². The summed E-state index contributed by atoms with van der Waals surface area (Å²) in [5.74, 6) is -0.232. The number of carboxylic acids is 1. The Bertz CT molecular complexity index is 270. The van der Waals surface area contributed by atoms with Gasteiger partial charge in [-0.25, -0.2) is 4.79 Å². The summed E-state index contributed by atoms with van der Waals surface area (Å²) in [6.45, 7) is 1.35.